The van der Waals surface area contributed by atoms with Crippen molar-refractivity contribution in [3.63, 3.8) is 0 Å². The van der Waals surface area contributed by atoms with Gasteiger partial charge in [0.25, 0.3) is 5.91 Å². The summed E-state index contributed by atoms with van der Waals surface area (Å²) in [7, 11) is 0. The Hall–Kier alpha value is -3.48. The van der Waals surface area contributed by atoms with Gasteiger partial charge in [-0.2, -0.15) is 0 Å². The number of aromatic nitrogens is 3. The maximum absolute atomic E-state index is 12.2. The van der Waals surface area contributed by atoms with Crippen molar-refractivity contribution in [2.24, 2.45) is 0 Å². The molecule has 0 radical (unpaired) electrons. The number of anilines is 3. The van der Waals surface area contributed by atoms with E-state index in [9.17, 15) is 4.79 Å². The molecule has 7 nitrogen and oxygen atoms in total. The van der Waals surface area contributed by atoms with Crippen molar-refractivity contribution in [1.82, 2.24) is 20.3 Å². The second-order valence-electron chi connectivity index (χ2n) is 6.69. The molecule has 3 aromatic rings. The van der Waals surface area contributed by atoms with Crippen LogP contribution in [0.4, 0.5) is 17.2 Å². The minimum Gasteiger partial charge on any atom is -0.372 e. The molecule has 3 heterocycles. The van der Waals surface area contributed by atoms with Crippen LogP contribution in [0.15, 0.2) is 61.2 Å². The Kier molecular flexibility index (Phi) is 5.42. The first-order chi connectivity index (χ1) is 13.8. The largest absolute Gasteiger partial charge is 0.372 e. The molecule has 0 spiro atoms. The summed E-state index contributed by atoms with van der Waals surface area (Å²) in [6, 6.07) is 12.0. The van der Waals surface area contributed by atoms with Gasteiger partial charge in [0.2, 0.25) is 0 Å². The minimum atomic E-state index is -0.258. The normalized spacial score (nSPS) is 13.4. The van der Waals surface area contributed by atoms with E-state index >= 15 is 0 Å². The Balaban J connectivity index is 1.33. The van der Waals surface area contributed by atoms with Crippen LogP contribution in [0.25, 0.3) is 0 Å². The van der Waals surface area contributed by atoms with E-state index in [0.29, 0.717) is 12.4 Å². The smallest absolute Gasteiger partial charge is 0.271 e. The van der Waals surface area contributed by atoms with E-state index < -0.39 is 0 Å². The molecule has 1 aliphatic rings. The lowest BCUT2D eigenvalue weighted by atomic mass is 10.2. The van der Waals surface area contributed by atoms with Gasteiger partial charge in [-0.25, -0.2) is 9.97 Å². The van der Waals surface area contributed by atoms with E-state index in [4.69, 9.17) is 0 Å². The Morgan fingerprint density at radius 1 is 0.964 bits per heavy atom. The van der Waals surface area contributed by atoms with Gasteiger partial charge in [0.05, 0.1) is 12.4 Å². The average Bonchev–Trinajstić information content (AvgIpc) is 3.29. The van der Waals surface area contributed by atoms with Gasteiger partial charge >= 0.3 is 0 Å². The molecule has 7 heteroatoms. The molecular weight excluding hydrogens is 352 g/mol. The van der Waals surface area contributed by atoms with Crippen LogP contribution < -0.4 is 15.5 Å². The fraction of sp³-hybridized carbons (Fsp3) is 0.238. The molecular formula is C21H22N6O. The second kappa shape index (κ2) is 8.47. The van der Waals surface area contributed by atoms with Gasteiger partial charge in [-0.3, -0.25) is 9.78 Å². The summed E-state index contributed by atoms with van der Waals surface area (Å²) >= 11 is 0. The van der Waals surface area contributed by atoms with Gasteiger partial charge in [0.15, 0.2) is 0 Å². The predicted molar refractivity (Wildman–Crippen MR) is 109 cm³/mol. The summed E-state index contributed by atoms with van der Waals surface area (Å²) in [6.07, 6.45) is 8.95. The summed E-state index contributed by atoms with van der Waals surface area (Å²) < 4.78 is 0. The Morgan fingerprint density at radius 3 is 2.39 bits per heavy atom. The third-order valence-electron chi connectivity index (χ3n) is 4.70. The van der Waals surface area contributed by atoms with Crippen LogP contribution in [0.1, 0.15) is 28.9 Å². The van der Waals surface area contributed by atoms with Crippen LogP contribution in [0, 0.1) is 0 Å². The van der Waals surface area contributed by atoms with Gasteiger partial charge in [0.1, 0.15) is 11.5 Å². The highest BCUT2D eigenvalue weighted by Gasteiger charge is 2.12. The summed E-state index contributed by atoms with van der Waals surface area (Å²) in [4.78, 5) is 27.0. The number of nitrogens with one attached hydrogen (secondary N) is 2. The van der Waals surface area contributed by atoms with E-state index in [1.54, 1.807) is 18.6 Å². The summed E-state index contributed by atoms with van der Waals surface area (Å²) in [5.41, 5.74) is 3.44. The topological polar surface area (TPSA) is 83.0 Å². The molecule has 1 fully saturated rings. The standard InChI is InChI=1S/C21H22N6O/c28-21(25-13-16-7-9-22-10-8-16)19-14-24-20(15-23-19)26-17-3-5-18(6-4-17)27-11-1-2-12-27/h3-10,14-15H,1-2,11-13H2,(H,24,26)(H,25,28). The molecule has 1 amide bonds. The zero-order valence-corrected chi connectivity index (χ0v) is 15.5. The molecule has 0 unspecified atom stereocenters. The monoisotopic (exact) mass is 374 g/mol. The third-order valence-corrected chi connectivity index (χ3v) is 4.70. The van der Waals surface area contributed by atoms with Crippen molar-refractivity contribution in [2.75, 3.05) is 23.3 Å². The summed E-state index contributed by atoms with van der Waals surface area (Å²) in [6.45, 7) is 2.68. The van der Waals surface area contributed by atoms with E-state index in [1.807, 2.05) is 24.3 Å². The average molecular weight is 374 g/mol. The van der Waals surface area contributed by atoms with Crippen LogP contribution in [0.2, 0.25) is 0 Å². The first-order valence-electron chi connectivity index (χ1n) is 9.39. The number of rotatable bonds is 6. The Morgan fingerprint density at radius 2 is 1.71 bits per heavy atom. The fourth-order valence-corrected chi connectivity index (χ4v) is 3.16. The van der Waals surface area contributed by atoms with Crippen molar-refractivity contribution in [2.45, 2.75) is 19.4 Å². The van der Waals surface area contributed by atoms with E-state index in [0.717, 1.165) is 24.3 Å². The first-order valence-corrected chi connectivity index (χ1v) is 9.39. The lowest BCUT2D eigenvalue weighted by Gasteiger charge is -2.17. The maximum atomic E-state index is 12.2. The number of nitrogens with zero attached hydrogens (tertiary/aromatic N) is 4. The molecule has 0 atom stereocenters. The van der Waals surface area contributed by atoms with Gasteiger partial charge in [-0.15, -0.1) is 0 Å². The quantitative estimate of drug-likeness (QED) is 0.690. The highest BCUT2D eigenvalue weighted by Crippen LogP contribution is 2.23. The second-order valence-corrected chi connectivity index (χ2v) is 6.69. The number of benzene rings is 1. The van der Waals surface area contributed by atoms with Crippen molar-refractivity contribution >= 4 is 23.1 Å². The van der Waals surface area contributed by atoms with Gasteiger partial charge in [-0.05, 0) is 54.8 Å². The lowest BCUT2D eigenvalue weighted by Crippen LogP contribution is -2.24. The molecule has 0 saturated carbocycles. The van der Waals surface area contributed by atoms with Crippen molar-refractivity contribution < 1.29 is 4.79 Å². The molecule has 142 valence electrons. The fourth-order valence-electron chi connectivity index (χ4n) is 3.16. The number of carbonyl (C=O) groups is 1. The van der Waals surface area contributed by atoms with Crippen LogP contribution in [-0.4, -0.2) is 33.9 Å². The first kappa shape index (κ1) is 17.9. The van der Waals surface area contributed by atoms with Gasteiger partial charge in [-0.1, -0.05) is 0 Å². The van der Waals surface area contributed by atoms with E-state index in [-0.39, 0.29) is 11.6 Å². The van der Waals surface area contributed by atoms with Crippen LogP contribution >= 0.6 is 0 Å². The number of pyridine rings is 1. The zero-order valence-electron chi connectivity index (χ0n) is 15.5. The van der Waals surface area contributed by atoms with Crippen molar-refractivity contribution in [3.8, 4) is 0 Å². The molecule has 0 aliphatic carbocycles. The molecule has 1 aromatic carbocycles. The van der Waals surface area contributed by atoms with E-state index in [1.165, 1.54) is 24.7 Å². The summed E-state index contributed by atoms with van der Waals surface area (Å²) in [5.74, 6) is 0.338. The Bertz CT molecular complexity index is 906. The zero-order chi connectivity index (χ0) is 19.2. The predicted octanol–water partition coefficient (Wildman–Crippen LogP) is 3.15. The Labute approximate surface area is 163 Å². The molecule has 0 bridgehead atoms. The number of hydrogen-bond donors (Lipinski definition) is 2. The highest BCUT2D eigenvalue weighted by molar-refractivity contribution is 5.92. The number of carbonyl (C=O) groups excluding carboxylic acids is 1. The van der Waals surface area contributed by atoms with Crippen molar-refractivity contribution in [1.29, 1.82) is 0 Å². The molecule has 28 heavy (non-hydrogen) atoms. The maximum Gasteiger partial charge on any atom is 0.271 e. The number of amides is 1. The highest BCUT2D eigenvalue weighted by atomic mass is 16.1. The van der Waals surface area contributed by atoms with Crippen molar-refractivity contribution in [3.05, 3.63) is 72.4 Å². The van der Waals surface area contributed by atoms with E-state index in [2.05, 4.69) is 42.6 Å². The molecule has 2 aromatic heterocycles. The third kappa shape index (κ3) is 4.43. The van der Waals surface area contributed by atoms with Crippen LogP contribution in [0.3, 0.4) is 0 Å². The minimum absolute atomic E-state index is 0.258. The molecule has 1 aliphatic heterocycles. The lowest BCUT2D eigenvalue weighted by molar-refractivity contribution is 0.0945. The number of hydrogen-bond acceptors (Lipinski definition) is 6. The molecule has 2 N–H and O–H groups in total. The SMILES string of the molecule is O=C(NCc1ccncc1)c1cnc(Nc2ccc(N3CCCC3)cc2)cn1. The summed E-state index contributed by atoms with van der Waals surface area (Å²) in [5, 5.41) is 6.04. The van der Waals surface area contributed by atoms with Crippen LogP contribution in [0.5, 0.6) is 0 Å². The molecule has 1 saturated heterocycles. The van der Waals surface area contributed by atoms with Gasteiger partial charge < -0.3 is 15.5 Å². The van der Waals surface area contributed by atoms with Gasteiger partial charge in [0, 0.05) is 43.4 Å². The molecule has 4 rings (SSSR count). The van der Waals surface area contributed by atoms with Crippen LogP contribution in [-0.2, 0) is 6.54 Å².